The maximum Gasteiger partial charge on any atom is 0.416 e. The average Bonchev–Trinajstić information content (AvgIpc) is 1.63. The summed E-state index contributed by atoms with van der Waals surface area (Å²) in [6.45, 7) is 20.5. The van der Waals surface area contributed by atoms with Crippen LogP contribution < -0.4 is 65.5 Å². The molecule has 0 saturated carbocycles. The normalized spacial score (nSPS) is 11.3. The third-order valence-electron chi connectivity index (χ3n) is 19.4. The van der Waals surface area contributed by atoms with E-state index in [1.54, 1.807) is 86.3 Å². The zero-order valence-electron chi connectivity index (χ0n) is 70.3. The van der Waals surface area contributed by atoms with Gasteiger partial charge in [-0.1, -0.05) is 42.5 Å². The van der Waals surface area contributed by atoms with Crippen LogP contribution in [0.2, 0.25) is 0 Å². The molecule has 656 valence electrons. The van der Waals surface area contributed by atoms with Gasteiger partial charge in [-0.05, 0) is 214 Å². The number of carbonyl (C=O) groups is 4. The lowest BCUT2D eigenvalue weighted by molar-refractivity contribution is -0.138. The molecule has 0 spiro atoms. The second-order valence-electron chi connectivity index (χ2n) is 30.2. The lowest BCUT2D eigenvalue weighted by Gasteiger charge is -2.13. The number of hydrogen-bond acceptors (Lipinski definition) is 20. The van der Waals surface area contributed by atoms with E-state index >= 15 is 13.2 Å². The second-order valence-corrected chi connectivity index (χ2v) is 30.2. The summed E-state index contributed by atoms with van der Waals surface area (Å²) in [6, 6.07) is 38.4. The predicted molar refractivity (Wildman–Crippen MR) is 478 cm³/mol. The molecule has 0 aliphatic carbocycles. The number of nitrogens with zero attached hydrogens (tertiary/aromatic N) is 16. The number of urea groups is 4. The number of rotatable bonds is 16. The molecule has 8 heterocycles. The highest BCUT2D eigenvalue weighted by Gasteiger charge is 2.33. The summed E-state index contributed by atoms with van der Waals surface area (Å²) in [4.78, 5) is 82.0. The number of nitrogens with two attached hydrogens (primary N) is 4. The van der Waals surface area contributed by atoms with E-state index < -0.39 is 65.0 Å². The highest BCUT2D eigenvalue weighted by molar-refractivity contribution is 6.06. The van der Waals surface area contributed by atoms with E-state index in [4.69, 9.17) is 22.9 Å². The molecule has 0 aliphatic heterocycles. The van der Waals surface area contributed by atoms with Crippen LogP contribution in [0.15, 0.2) is 189 Å². The van der Waals surface area contributed by atoms with E-state index in [0.29, 0.717) is 84.0 Å². The Morgan fingerprint density at radius 3 is 0.914 bits per heavy atom. The Bertz CT molecular complexity index is 6900. The fraction of sp³-hybridized carbons (Fsp3) is 0.182. The van der Waals surface area contributed by atoms with Gasteiger partial charge in [-0.25, -0.2) is 99.7 Å². The largest absolute Gasteiger partial charge is 0.416 e. The van der Waals surface area contributed by atoms with Gasteiger partial charge in [0.25, 0.3) is 0 Å². The topological polar surface area (TPSA) is 443 Å². The highest BCUT2D eigenvalue weighted by atomic mass is 19.4. The van der Waals surface area contributed by atoms with E-state index in [0.717, 1.165) is 29.3 Å². The fourth-order valence-electron chi connectivity index (χ4n) is 13.5. The van der Waals surface area contributed by atoms with Crippen LogP contribution in [-0.2, 0) is 6.18 Å². The number of aromatic nitrogens is 16. The maximum absolute atomic E-state index is 15.1. The van der Waals surface area contributed by atoms with E-state index in [1.165, 1.54) is 92.9 Å². The zero-order valence-corrected chi connectivity index (χ0v) is 70.3. The van der Waals surface area contributed by atoms with Crippen LogP contribution in [0.3, 0.4) is 0 Å². The number of fused-ring (bicyclic) bond motifs is 4. The van der Waals surface area contributed by atoms with Gasteiger partial charge >= 0.3 is 30.3 Å². The van der Waals surface area contributed by atoms with Crippen molar-refractivity contribution in [2.45, 2.75) is 107 Å². The molecule has 128 heavy (non-hydrogen) atoms. The number of hydrogen-bond donors (Lipinski definition) is 12. The number of anilines is 12. The number of aryl methyl sites for hydroxylation is 3. The second kappa shape index (κ2) is 37.8. The Morgan fingerprint density at radius 1 is 0.312 bits per heavy atom. The van der Waals surface area contributed by atoms with Crippen molar-refractivity contribution in [2.75, 3.05) is 65.5 Å². The molecule has 0 bridgehead atoms. The van der Waals surface area contributed by atoms with Gasteiger partial charge in [-0.2, -0.15) is 33.6 Å². The molecule has 16 aromatic rings. The summed E-state index contributed by atoms with van der Waals surface area (Å²) < 4.78 is 120. The smallest absolute Gasteiger partial charge is 0.383 e. The number of nitrogens with one attached hydrogen (secondary N) is 8. The van der Waals surface area contributed by atoms with Gasteiger partial charge < -0.3 is 65.5 Å². The standard InChI is InChI=1S/C23H21F4N7O.C22H21F2N7O.C22H22FN7O.C21H20FN7O/c1-11(2)34-21-18(20(28)29-10-30-21)19(33-34)15-7-6-14(9-17(15)24)32-22(35)31-13-5-4-12(3)16(8-13)23(25,26)27;1-11(2)31-21-18(20(25)26-10-27-21)19(30-31)14-6-5-13(9-16(14)24)28-22(32)29-17-8-12(3)4-7-15(17)23;1-12(2)30-21-18(20(24)25-11-26-21)19(29-30)16-8-7-15(10-17(16)23)28-22(31)27-14-6-4-5-13(3)9-14;1-12(2)29-20-17(19(23)24-11-25-20)18(28-29)15-9-8-14(10-16(15)22)27-21(30)26-13-6-4-3-5-7-13/h4-11H,1-3H3,(H2,28,29,30)(H2,31,32,35);4-11H,1-3H3,(H2,25,26,27)(H2,28,29,32);4-12H,1-3H3,(H2,24,25,26)(H2,27,28,31);3-12H,1-2H3,(H2,23,24,25)(H2,26,27,30). The molecule has 0 saturated heterocycles. The number of carbonyl (C=O) groups excluding carboxylic acids is 4. The lowest BCUT2D eigenvalue weighted by atomic mass is 10.1. The zero-order chi connectivity index (χ0) is 91.9. The van der Waals surface area contributed by atoms with E-state index in [9.17, 15) is 41.1 Å². The van der Waals surface area contributed by atoms with Gasteiger partial charge in [-0.3, -0.25) is 0 Å². The van der Waals surface area contributed by atoms with Crippen LogP contribution in [-0.4, -0.2) is 103 Å². The first-order valence-corrected chi connectivity index (χ1v) is 39.5. The number of para-hydroxylation sites is 1. The first-order chi connectivity index (χ1) is 61.0. The molecular weight excluding hydrogens is 1670 g/mol. The molecule has 0 fully saturated rings. The van der Waals surface area contributed by atoms with Gasteiger partial charge in [-0.15, -0.1) is 0 Å². The van der Waals surface area contributed by atoms with Gasteiger partial charge in [0.05, 0.1) is 32.8 Å². The third-order valence-corrected chi connectivity index (χ3v) is 19.4. The Balaban J connectivity index is 0.000000146. The van der Waals surface area contributed by atoms with Crippen LogP contribution >= 0.6 is 0 Å². The number of alkyl halides is 3. The van der Waals surface area contributed by atoms with Crippen molar-refractivity contribution in [1.29, 1.82) is 0 Å². The lowest BCUT2D eigenvalue weighted by Crippen LogP contribution is -2.20. The monoisotopic (exact) mass is 1750 g/mol. The molecule has 40 heteroatoms. The van der Waals surface area contributed by atoms with Gasteiger partial charge in [0, 0.05) is 86.2 Å². The molecule has 0 radical (unpaired) electrons. The molecule has 0 unspecified atom stereocenters. The van der Waals surface area contributed by atoms with Crippen molar-refractivity contribution in [3.8, 4) is 45.0 Å². The summed E-state index contributed by atoms with van der Waals surface area (Å²) in [5, 5.41) is 40.2. The van der Waals surface area contributed by atoms with Crippen molar-refractivity contribution < 1.29 is 54.3 Å². The molecule has 0 atom stereocenters. The fourth-order valence-corrected chi connectivity index (χ4v) is 13.5. The van der Waals surface area contributed by atoms with E-state index in [1.807, 2.05) is 86.6 Å². The SMILES string of the molecule is CC(C)n1nc(-c2ccc(NC(=O)Nc3ccccc3)cc2F)c2c(N)ncnc21.Cc1ccc(F)c(NC(=O)Nc2ccc(-c3nn(C(C)C)c4ncnc(N)c34)c(F)c2)c1.Cc1ccc(NC(=O)Nc2ccc(-c3nn(C(C)C)c4ncnc(N)c34)c(F)c2)cc1C(F)(F)F.Cc1cccc(NC(=O)Nc2ccc(-c3nn(C(C)C)c4ncnc(N)c34)c(F)c2)c1. The van der Waals surface area contributed by atoms with E-state index in [2.05, 4.69) is 103 Å². The molecular formula is C88H84F8N28O4. The molecule has 16 rings (SSSR count). The van der Waals surface area contributed by atoms with Gasteiger partial charge in [0.1, 0.15) is 100 Å². The van der Waals surface area contributed by atoms with Gasteiger partial charge in [0.2, 0.25) is 0 Å². The van der Waals surface area contributed by atoms with E-state index in [-0.39, 0.29) is 104 Å². The number of nitrogen functional groups attached to an aromatic ring is 4. The Morgan fingerprint density at radius 2 is 0.602 bits per heavy atom. The van der Waals surface area contributed by atoms with Crippen LogP contribution in [0.5, 0.6) is 0 Å². The predicted octanol–water partition coefficient (Wildman–Crippen LogP) is 19.8. The summed E-state index contributed by atoms with van der Waals surface area (Å²) in [5.41, 5.74) is 31.3. The molecule has 8 aromatic carbocycles. The minimum atomic E-state index is -4.56. The third kappa shape index (κ3) is 20.1. The summed E-state index contributed by atoms with van der Waals surface area (Å²) in [5.74, 6) is -2.19. The minimum Gasteiger partial charge on any atom is -0.383 e. The van der Waals surface area contributed by atoms with Crippen molar-refractivity contribution in [2.24, 2.45) is 0 Å². The van der Waals surface area contributed by atoms with Crippen LogP contribution in [0.4, 0.5) is 123 Å². The van der Waals surface area contributed by atoms with Crippen molar-refractivity contribution in [1.82, 2.24) is 79.0 Å². The van der Waals surface area contributed by atoms with Crippen LogP contribution in [0.25, 0.3) is 89.2 Å². The molecule has 8 amide bonds. The van der Waals surface area contributed by atoms with Gasteiger partial charge in [0.15, 0.2) is 22.6 Å². The van der Waals surface area contributed by atoms with Crippen molar-refractivity contribution in [3.05, 3.63) is 240 Å². The summed E-state index contributed by atoms with van der Waals surface area (Å²) in [6.07, 6.45) is 0.796. The summed E-state index contributed by atoms with van der Waals surface area (Å²) >= 11 is 0. The number of benzene rings is 8. The van der Waals surface area contributed by atoms with Crippen molar-refractivity contribution in [3.63, 3.8) is 0 Å². The summed E-state index contributed by atoms with van der Waals surface area (Å²) in [7, 11) is 0. The molecule has 8 aromatic heterocycles. The minimum absolute atomic E-state index is 0.000120. The van der Waals surface area contributed by atoms with Crippen LogP contribution in [0, 0.1) is 49.9 Å². The molecule has 32 nitrogen and oxygen atoms in total. The first kappa shape index (κ1) is 89.4. The highest BCUT2D eigenvalue weighted by Crippen LogP contribution is 2.41. The molecule has 0 aliphatic rings. The average molecular weight is 1750 g/mol. The number of amides is 8. The first-order valence-electron chi connectivity index (χ1n) is 39.5. The molecule has 16 N–H and O–H groups in total. The Labute approximate surface area is 724 Å². The quantitative estimate of drug-likeness (QED) is 0.0400. The Hall–Kier alpha value is -16.3. The Kier molecular flexibility index (Phi) is 26.4. The number of halogens is 8. The van der Waals surface area contributed by atoms with Crippen molar-refractivity contribution >= 4 is 137 Å². The van der Waals surface area contributed by atoms with Crippen LogP contribution in [0.1, 0.15) is 102 Å². The maximum atomic E-state index is 15.1.